The second kappa shape index (κ2) is 9.62. The van der Waals surface area contributed by atoms with Gasteiger partial charge in [-0.2, -0.15) is 13.2 Å². The third kappa shape index (κ3) is 5.51. The van der Waals surface area contributed by atoms with Gasteiger partial charge in [0.15, 0.2) is 11.3 Å². The molecule has 2 aromatic heterocycles. The van der Waals surface area contributed by atoms with Crippen LogP contribution in [0.3, 0.4) is 0 Å². The molecule has 0 radical (unpaired) electrons. The first-order valence-corrected chi connectivity index (χ1v) is 12.0. The number of nitrogens with one attached hydrogen (secondary N) is 1. The summed E-state index contributed by atoms with van der Waals surface area (Å²) in [7, 11) is 0. The Bertz CT molecular complexity index is 1300. The van der Waals surface area contributed by atoms with E-state index >= 15 is 0 Å². The number of aromatic amines is 1. The van der Waals surface area contributed by atoms with Gasteiger partial charge in [0.05, 0.1) is 17.6 Å². The van der Waals surface area contributed by atoms with Gasteiger partial charge in [0.2, 0.25) is 0 Å². The van der Waals surface area contributed by atoms with Crippen molar-refractivity contribution in [2.75, 3.05) is 13.1 Å². The van der Waals surface area contributed by atoms with Gasteiger partial charge >= 0.3 is 6.18 Å². The van der Waals surface area contributed by atoms with Crippen molar-refractivity contribution in [1.82, 2.24) is 19.9 Å². The Morgan fingerprint density at radius 1 is 1.17 bits per heavy atom. The van der Waals surface area contributed by atoms with Gasteiger partial charge in [0.1, 0.15) is 5.82 Å². The number of carbonyl (C=O) groups is 1. The fraction of sp³-hybridized carbons (Fsp3) is 0.417. The molecule has 0 aliphatic carbocycles. The van der Waals surface area contributed by atoms with Crippen LogP contribution in [0.15, 0.2) is 40.0 Å². The van der Waals surface area contributed by atoms with Crippen molar-refractivity contribution in [2.45, 2.75) is 56.2 Å². The lowest BCUT2D eigenvalue weighted by Gasteiger charge is -2.35. The maximum absolute atomic E-state index is 13.8. The van der Waals surface area contributed by atoms with Gasteiger partial charge in [-0.1, -0.05) is 0 Å². The van der Waals surface area contributed by atoms with E-state index in [0.29, 0.717) is 23.5 Å². The molecule has 1 aliphatic heterocycles. The molecule has 0 saturated carbocycles. The number of amides is 1. The Morgan fingerprint density at radius 2 is 1.80 bits per heavy atom. The molecule has 1 fully saturated rings. The summed E-state index contributed by atoms with van der Waals surface area (Å²) in [6.45, 7) is 7.93. The molecule has 3 unspecified atom stereocenters. The van der Waals surface area contributed by atoms with Crippen molar-refractivity contribution < 1.29 is 22.7 Å². The van der Waals surface area contributed by atoms with Crippen molar-refractivity contribution >= 4 is 28.7 Å². The first-order chi connectivity index (χ1) is 16.4. The molecule has 1 aromatic carbocycles. The van der Waals surface area contributed by atoms with Crippen LogP contribution >= 0.6 is 11.8 Å². The van der Waals surface area contributed by atoms with E-state index in [4.69, 9.17) is 4.74 Å². The molecule has 3 aromatic rings. The number of ether oxygens (including phenoxy) is 1. The van der Waals surface area contributed by atoms with Gasteiger partial charge < -0.3 is 14.6 Å². The zero-order chi connectivity index (χ0) is 25.5. The standard InChI is InChI=1S/C24H25F3N4O3S/c1-12-10-31(11-13(2)34-12)23(33)16-5-7-17(8-6-16)35-14(3)18-9-19-21(28-15(4)29-22(19)32)30-20(18)24(25,26)27/h5-9,12-14H,10-11H2,1-4H3,(H,28,29,30,32). The molecular formula is C24H25F3N4O3S. The van der Waals surface area contributed by atoms with Crippen LogP contribution in [-0.2, 0) is 10.9 Å². The van der Waals surface area contributed by atoms with Crippen molar-refractivity contribution in [3.63, 3.8) is 0 Å². The van der Waals surface area contributed by atoms with Crippen LogP contribution in [-0.4, -0.2) is 51.1 Å². The van der Waals surface area contributed by atoms with Crippen LogP contribution < -0.4 is 5.56 Å². The topological polar surface area (TPSA) is 88.2 Å². The summed E-state index contributed by atoms with van der Waals surface area (Å²) in [6, 6.07) is 7.97. The minimum atomic E-state index is -4.71. The molecule has 3 atom stereocenters. The lowest BCUT2D eigenvalue weighted by Crippen LogP contribution is -2.48. The predicted octanol–water partition coefficient (Wildman–Crippen LogP) is 4.75. The average Bonchev–Trinajstić information content (AvgIpc) is 2.77. The Morgan fingerprint density at radius 3 is 2.40 bits per heavy atom. The van der Waals surface area contributed by atoms with Crippen molar-refractivity contribution in [1.29, 1.82) is 0 Å². The minimum Gasteiger partial charge on any atom is -0.372 e. The number of carbonyl (C=O) groups excluding carboxylic acids is 1. The molecular weight excluding hydrogens is 481 g/mol. The number of hydrogen-bond acceptors (Lipinski definition) is 6. The molecule has 4 rings (SSSR count). The van der Waals surface area contributed by atoms with Crippen molar-refractivity contribution in [3.8, 4) is 0 Å². The predicted molar refractivity (Wildman–Crippen MR) is 127 cm³/mol. The smallest absolute Gasteiger partial charge is 0.372 e. The summed E-state index contributed by atoms with van der Waals surface area (Å²) < 4.78 is 47.1. The Kier molecular flexibility index (Phi) is 6.92. The lowest BCUT2D eigenvalue weighted by atomic mass is 10.1. The second-order valence-electron chi connectivity index (χ2n) is 8.70. The van der Waals surface area contributed by atoms with Crippen molar-refractivity contribution in [3.05, 3.63) is 63.3 Å². The van der Waals surface area contributed by atoms with Crippen LogP contribution in [0.25, 0.3) is 11.0 Å². The van der Waals surface area contributed by atoms with Gasteiger partial charge in [-0.25, -0.2) is 9.97 Å². The number of aryl methyl sites for hydroxylation is 1. The number of nitrogens with zero attached hydrogens (tertiary/aromatic N) is 3. The number of pyridine rings is 1. The molecule has 1 saturated heterocycles. The number of halogens is 3. The van der Waals surface area contributed by atoms with E-state index in [1.807, 2.05) is 13.8 Å². The number of alkyl halides is 3. The zero-order valence-electron chi connectivity index (χ0n) is 19.6. The molecule has 1 amide bonds. The molecule has 3 heterocycles. The van der Waals surface area contributed by atoms with E-state index < -0.39 is 22.7 Å². The molecule has 35 heavy (non-hydrogen) atoms. The molecule has 186 valence electrons. The van der Waals surface area contributed by atoms with Gasteiger partial charge in [0, 0.05) is 28.8 Å². The van der Waals surface area contributed by atoms with Crippen molar-refractivity contribution in [2.24, 2.45) is 0 Å². The highest BCUT2D eigenvalue weighted by Gasteiger charge is 2.37. The Hall–Kier alpha value is -2.92. The molecule has 1 aliphatic rings. The third-order valence-corrected chi connectivity index (χ3v) is 6.82. The highest BCUT2D eigenvalue weighted by atomic mass is 32.2. The molecule has 7 nitrogen and oxygen atoms in total. The summed E-state index contributed by atoms with van der Waals surface area (Å²) in [5.74, 6) is 0.0747. The van der Waals surface area contributed by atoms with Crippen LogP contribution in [0.5, 0.6) is 0 Å². The summed E-state index contributed by atoms with van der Waals surface area (Å²) in [5.41, 5.74) is -1.46. The number of rotatable bonds is 4. The monoisotopic (exact) mass is 506 g/mol. The SMILES string of the molecule is Cc1nc2nc(C(F)(F)F)c(C(C)Sc3ccc(C(=O)N4CC(C)OC(C)C4)cc3)cc2c(=O)[nH]1. The van der Waals surface area contributed by atoms with Gasteiger partial charge in [-0.15, -0.1) is 11.8 Å². The van der Waals surface area contributed by atoms with Crippen LogP contribution in [0.4, 0.5) is 13.2 Å². The molecule has 0 spiro atoms. The number of benzene rings is 1. The Labute approximate surface area is 204 Å². The van der Waals surface area contributed by atoms with Crippen LogP contribution in [0, 0.1) is 6.92 Å². The Balaban J connectivity index is 1.59. The summed E-state index contributed by atoms with van der Waals surface area (Å²) in [6.07, 6.45) is -4.81. The van der Waals surface area contributed by atoms with Crippen LogP contribution in [0.2, 0.25) is 0 Å². The first kappa shape index (κ1) is 25.2. The fourth-order valence-corrected chi connectivity index (χ4v) is 5.20. The normalized spacial score (nSPS) is 19.7. The molecule has 1 N–H and O–H groups in total. The largest absolute Gasteiger partial charge is 0.433 e. The van der Waals surface area contributed by atoms with E-state index in [0.717, 1.165) is 0 Å². The maximum atomic E-state index is 13.8. The van der Waals surface area contributed by atoms with E-state index in [9.17, 15) is 22.8 Å². The fourth-order valence-electron chi connectivity index (χ4n) is 4.20. The first-order valence-electron chi connectivity index (χ1n) is 11.1. The number of aromatic nitrogens is 3. The minimum absolute atomic E-state index is 0.000891. The second-order valence-corrected chi connectivity index (χ2v) is 10.1. The van der Waals surface area contributed by atoms with E-state index in [2.05, 4.69) is 15.0 Å². The highest BCUT2D eigenvalue weighted by molar-refractivity contribution is 7.99. The van der Waals surface area contributed by atoms with E-state index in [-0.39, 0.29) is 40.5 Å². The number of hydrogen-bond donors (Lipinski definition) is 1. The summed E-state index contributed by atoms with van der Waals surface area (Å²) in [4.78, 5) is 37.7. The van der Waals surface area contributed by atoms with Gasteiger partial charge in [-0.05, 0) is 63.6 Å². The lowest BCUT2D eigenvalue weighted by molar-refractivity contribution is -0.141. The highest BCUT2D eigenvalue weighted by Crippen LogP contribution is 2.41. The van der Waals surface area contributed by atoms with Crippen LogP contribution in [0.1, 0.15) is 53.5 Å². The number of morpholine rings is 1. The number of H-pyrrole nitrogens is 1. The van der Waals surface area contributed by atoms with E-state index in [1.165, 1.54) is 24.8 Å². The maximum Gasteiger partial charge on any atom is 0.433 e. The summed E-state index contributed by atoms with van der Waals surface area (Å²) in [5, 5.41) is -0.673. The molecule has 0 bridgehead atoms. The zero-order valence-corrected chi connectivity index (χ0v) is 20.5. The van der Waals surface area contributed by atoms with Gasteiger partial charge in [0.25, 0.3) is 11.5 Å². The number of thioether (sulfide) groups is 1. The van der Waals surface area contributed by atoms with E-state index in [1.54, 1.807) is 36.1 Å². The average molecular weight is 507 g/mol. The third-order valence-electron chi connectivity index (χ3n) is 5.67. The summed E-state index contributed by atoms with van der Waals surface area (Å²) >= 11 is 1.18. The number of fused-ring (bicyclic) bond motifs is 1. The van der Waals surface area contributed by atoms with Gasteiger partial charge in [-0.3, -0.25) is 9.59 Å². The quantitative estimate of drug-likeness (QED) is 0.514. The molecule has 11 heteroatoms.